The Morgan fingerprint density at radius 1 is 1.37 bits per heavy atom. The fourth-order valence-corrected chi connectivity index (χ4v) is 1.51. The van der Waals surface area contributed by atoms with Crippen molar-refractivity contribution in [2.24, 2.45) is 0 Å². The molecule has 0 radical (unpaired) electrons. The maximum Gasteiger partial charge on any atom is 0.411 e. The highest BCUT2D eigenvalue weighted by atomic mass is 35.5. The van der Waals surface area contributed by atoms with Crippen molar-refractivity contribution in [3.05, 3.63) is 28.8 Å². The first-order valence-electron chi connectivity index (χ1n) is 5.27. The summed E-state index contributed by atoms with van der Waals surface area (Å²) >= 11 is 5.72. The molecule has 0 saturated carbocycles. The summed E-state index contributed by atoms with van der Waals surface area (Å²) in [7, 11) is 0. The number of ether oxygens (including phenoxy) is 1. The summed E-state index contributed by atoms with van der Waals surface area (Å²) in [6, 6.07) is 4.30. The van der Waals surface area contributed by atoms with Gasteiger partial charge in [-0.1, -0.05) is 11.6 Å². The number of nitrogen functional groups attached to an aromatic ring is 1. The number of halogens is 4. The second kappa shape index (κ2) is 6.63. The van der Waals surface area contributed by atoms with E-state index in [0.717, 1.165) is 0 Å². The molecule has 0 saturated heterocycles. The summed E-state index contributed by atoms with van der Waals surface area (Å²) in [5, 5.41) is 2.70. The van der Waals surface area contributed by atoms with Crippen molar-refractivity contribution in [3.8, 4) is 0 Å². The lowest BCUT2D eigenvalue weighted by Crippen LogP contribution is -2.28. The maximum atomic E-state index is 11.8. The monoisotopic (exact) mass is 296 g/mol. The number of alkyl halides is 3. The summed E-state index contributed by atoms with van der Waals surface area (Å²) in [5.41, 5.74) is 6.07. The van der Waals surface area contributed by atoms with Crippen LogP contribution in [0, 0.1) is 0 Å². The summed E-state index contributed by atoms with van der Waals surface area (Å²) in [6.07, 6.45) is -4.37. The third-order valence-corrected chi connectivity index (χ3v) is 2.20. The van der Waals surface area contributed by atoms with Gasteiger partial charge in [0.2, 0.25) is 0 Å². The van der Waals surface area contributed by atoms with Gasteiger partial charge in [0.05, 0.1) is 6.61 Å². The molecule has 0 bridgehead atoms. The van der Waals surface area contributed by atoms with Crippen LogP contribution in [-0.4, -0.2) is 31.8 Å². The quantitative estimate of drug-likeness (QED) is 0.647. The number of hydrogen-bond acceptors (Lipinski definition) is 3. The number of benzene rings is 1. The van der Waals surface area contributed by atoms with Gasteiger partial charge in [-0.3, -0.25) is 4.79 Å². The number of anilines is 1. The number of carbonyl (C=O) groups excluding carboxylic acids is 1. The lowest BCUT2D eigenvalue weighted by molar-refractivity contribution is -0.173. The molecule has 0 aliphatic carbocycles. The van der Waals surface area contributed by atoms with E-state index in [4.69, 9.17) is 17.3 Å². The molecule has 0 atom stereocenters. The molecule has 3 N–H and O–H groups in total. The van der Waals surface area contributed by atoms with E-state index < -0.39 is 18.7 Å². The number of rotatable bonds is 5. The predicted molar refractivity (Wildman–Crippen MR) is 65.1 cm³/mol. The van der Waals surface area contributed by atoms with Crippen LogP contribution < -0.4 is 11.1 Å². The standard InChI is InChI=1S/C11H12ClF3N2O2/c12-8-3-7(4-9(16)5-8)10(18)17-1-2-19-6-11(13,14)15/h3-5H,1-2,6,16H2,(H,17,18). The first-order valence-corrected chi connectivity index (χ1v) is 5.64. The molecule has 0 aliphatic rings. The third-order valence-electron chi connectivity index (χ3n) is 1.98. The van der Waals surface area contributed by atoms with Gasteiger partial charge in [0.15, 0.2) is 0 Å². The molecule has 19 heavy (non-hydrogen) atoms. The normalized spacial score (nSPS) is 11.4. The number of hydrogen-bond donors (Lipinski definition) is 2. The average molecular weight is 297 g/mol. The average Bonchev–Trinajstić information content (AvgIpc) is 2.25. The van der Waals surface area contributed by atoms with Crippen molar-refractivity contribution in [1.82, 2.24) is 5.32 Å². The van der Waals surface area contributed by atoms with Crippen molar-refractivity contribution in [2.45, 2.75) is 6.18 Å². The molecule has 0 fully saturated rings. The van der Waals surface area contributed by atoms with Gasteiger partial charge in [-0.25, -0.2) is 0 Å². The van der Waals surface area contributed by atoms with Gasteiger partial charge in [0.25, 0.3) is 5.91 Å². The highest BCUT2D eigenvalue weighted by molar-refractivity contribution is 6.31. The zero-order valence-electron chi connectivity index (χ0n) is 9.76. The zero-order chi connectivity index (χ0) is 14.5. The molecule has 0 aromatic heterocycles. The lowest BCUT2D eigenvalue weighted by Gasteiger charge is -2.09. The number of amides is 1. The van der Waals surface area contributed by atoms with E-state index in [0.29, 0.717) is 10.7 Å². The van der Waals surface area contributed by atoms with Gasteiger partial charge in [0.1, 0.15) is 6.61 Å². The van der Waals surface area contributed by atoms with Crippen LogP contribution in [0.2, 0.25) is 5.02 Å². The maximum absolute atomic E-state index is 11.8. The fourth-order valence-electron chi connectivity index (χ4n) is 1.27. The third kappa shape index (κ3) is 6.30. The Morgan fingerprint density at radius 2 is 2.05 bits per heavy atom. The first-order chi connectivity index (χ1) is 8.78. The zero-order valence-corrected chi connectivity index (χ0v) is 10.5. The molecular formula is C11H12ClF3N2O2. The minimum absolute atomic E-state index is 0.0403. The van der Waals surface area contributed by atoms with E-state index >= 15 is 0 Å². The summed E-state index contributed by atoms with van der Waals surface area (Å²) in [4.78, 5) is 11.6. The Balaban J connectivity index is 2.35. The largest absolute Gasteiger partial charge is 0.411 e. The molecule has 0 unspecified atom stereocenters. The van der Waals surface area contributed by atoms with Gasteiger partial charge in [-0.15, -0.1) is 0 Å². The molecule has 8 heteroatoms. The minimum Gasteiger partial charge on any atom is -0.399 e. The topological polar surface area (TPSA) is 64.4 Å². The van der Waals surface area contributed by atoms with Crippen molar-refractivity contribution < 1.29 is 22.7 Å². The molecule has 1 aromatic rings. The Labute approximate surface area is 112 Å². The summed E-state index contributed by atoms with van der Waals surface area (Å²) in [6.45, 7) is -1.62. The van der Waals surface area contributed by atoms with Crippen molar-refractivity contribution in [3.63, 3.8) is 0 Å². The highest BCUT2D eigenvalue weighted by Crippen LogP contribution is 2.16. The molecule has 0 aliphatic heterocycles. The lowest BCUT2D eigenvalue weighted by atomic mass is 10.2. The van der Waals surface area contributed by atoms with Crippen molar-refractivity contribution in [1.29, 1.82) is 0 Å². The molecule has 1 amide bonds. The van der Waals surface area contributed by atoms with E-state index in [1.807, 2.05) is 0 Å². The van der Waals surface area contributed by atoms with Crippen LogP contribution in [0.25, 0.3) is 0 Å². The van der Waals surface area contributed by atoms with Gasteiger partial charge in [0, 0.05) is 22.8 Å². The van der Waals surface area contributed by atoms with Crippen LogP contribution in [0.5, 0.6) is 0 Å². The summed E-state index contributed by atoms with van der Waals surface area (Å²) < 4.78 is 39.6. The number of carbonyl (C=O) groups is 1. The van der Waals surface area contributed by atoms with Crippen molar-refractivity contribution in [2.75, 3.05) is 25.5 Å². The van der Waals surface area contributed by atoms with Crippen LogP contribution in [0.4, 0.5) is 18.9 Å². The second-order valence-electron chi connectivity index (χ2n) is 3.70. The van der Waals surface area contributed by atoms with Gasteiger partial charge in [-0.2, -0.15) is 13.2 Å². The van der Waals surface area contributed by atoms with Crippen LogP contribution in [0.15, 0.2) is 18.2 Å². The van der Waals surface area contributed by atoms with E-state index in [2.05, 4.69) is 10.1 Å². The molecule has 106 valence electrons. The van der Waals surface area contributed by atoms with E-state index in [9.17, 15) is 18.0 Å². The van der Waals surface area contributed by atoms with E-state index in [1.54, 1.807) is 0 Å². The Kier molecular flexibility index (Phi) is 5.44. The Hall–Kier alpha value is -1.47. The van der Waals surface area contributed by atoms with Crippen LogP contribution in [0.1, 0.15) is 10.4 Å². The van der Waals surface area contributed by atoms with Gasteiger partial charge in [-0.05, 0) is 18.2 Å². The van der Waals surface area contributed by atoms with E-state index in [-0.39, 0.29) is 18.7 Å². The number of nitrogens with one attached hydrogen (secondary N) is 1. The second-order valence-corrected chi connectivity index (χ2v) is 4.13. The van der Waals surface area contributed by atoms with Crippen LogP contribution >= 0.6 is 11.6 Å². The fraction of sp³-hybridized carbons (Fsp3) is 0.364. The first kappa shape index (κ1) is 15.6. The Morgan fingerprint density at radius 3 is 2.63 bits per heavy atom. The summed E-state index contributed by atoms with van der Waals surface area (Å²) in [5.74, 6) is -0.482. The van der Waals surface area contributed by atoms with Crippen LogP contribution in [-0.2, 0) is 4.74 Å². The molecule has 1 aromatic carbocycles. The highest BCUT2D eigenvalue weighted by Gasteiger charge is 2.27. The van der Waals surface area contributed by atoms with Crippen molar-refractivity contribution >= 4 is 23.2 Å². The molecule has 1 rings (SSSR count). The Bertz CT molecular complexity index is 432. The number of nitrogens with two attached hydrogens (primary N) is 1. The molecular weight excluding hydrogens is 285 g/mol. The van der Waals surface area contributed by atoms with Crippen LogP contribution in [0.3, 0.4) is 0 Å². The van der Waals surface area contributed by atoms with Gasteiger partial charge >= 0.3 is 6.18 Å². The van der Waals surface area contributed by atoms with Gasteiger partial charge < -0.3 is 15.8 Å². The molecule has 0 heterocycles. The molecule has 0 spiro atoms. The van der Waals surface area contributed by atoms with E-state index in [1.165, 1.54) is 18.2 Å². The predicted octanol–water partition coefficient (Wildman–Crippen LogP) is 2.23. The molecule has 4 nitrogen and oxygen atoms in total. The SMILES string of the molecule is Nc1cc(Cl)cc(C(=O)NCCOCC(F)(F)F)c1. The minimum atomic E-state index is -4.37. The smallest absolute Gasteiger partial charge is 0.399 e.